The third kappa shape index (κ3) is 9.22. The fourth-order valence-electron chi connectivity index (χ4n) is 12.8. The van der Waals surface area contributed by atoms with Gasteiger partial charge < -0.3 is 0 Å². The topological polar surface area (TPSA) is 41.8 Å². The molecule has 13 aromatic rings. The van der Waals surface area contributed by atoms with Crippen molar-refractivity contribution in [3.05, 3.63) is 238 Å². The summed E-state index contributed by atoms with van der Waals surface area (Å²) in [7, 11) is 0. The molecule has 0 N–H and O–H groups in total. The number of benzene rings is 9. The fourth-order valence-corrected chi connectivity index (χ4v) is 13.8. The normalized spacial score (nSPS) is 12.3. The molecule has 0 aliphatic carbocycles. The van der Waals surface area contributed by atoms with Gasteiger partial charge in [0.15, 0.2) is 0 Å². The van der Waals surface area contributed by atoms with Crippen LogP contribution in [0.5, 0.6) is 11.5 Å². The van der Waals surface area contributed by atoms with Crippen molar-refractivity contribution in [2.75, 3.05) is 0 Å². The van der Waals surface area contributed by atoms with E-state index in [0.29, 0.717) is 11.5 Å². The Balaban J connectivity index is 1.08. The van der Waals surface area contributed by atoms with Gasteiger partial charge >= 0.3 is 446 Å². The molecule has 0 fully saturated rings. The Labute approximate surface area is 498 Å². The molecule has 0 saturated carbocycles. The SMILES string of the molecule is CC(C)c1cccc(C(C)C)c1-c1cc(-n2c3ccccc3c3ccccc32)cc(-c2c(C(C)C)cccc2C(C)C)c1-n1[c](=[Pt])n(-c2[c-]c(Oc3[c-]c4c(cc3)c3ccccc3n4-c3cc(C(C)(C)C)ccn3)ccc2)c2ccccc21. The summed E-state index contributed by atoms with van der Waals surface area (Å²) in [5.41, 5.74) is 21.0. The summed E-state index contributed by atoms with van der Waals surface area (Å²) in [5, 5.41) is 4.70. The number of hydrogen-bond donors (Lipinski definition) is 0. The number of imidazole rings is 1. The van der Waals surface area contributed by atoms with Crippen LogP contribution in [0.3, 0.4) is 0 Å². The van der Waals surface area contributed by atoms with Gasteiger partial charge in [-0.1, -0.05) is 32.9 Å². The maximum atomic E-state index is 6.89. The number of pyridine rings is 1. The second-order valence-corrected chi connectivity index (χ2v) is 25.5. The van der Waals surface area contributed by atoms with Crippen molar-refractivity contribution in [1.82, 2.24) is 23.3 Å². The number of aromatic nitrogens is 5. The third-order valence-electron chi connectivity index (χ3n) is 16.8. The van der Waals surface area contributed by atoms with Gasteiger partial charge in [-0.2, -0.15) is 0 Å². The minimum absolute atomic E-state index is 0.0476. The molecule has 0 atom stereocenters. The molecule has 0 bridgehead atoms. The summed E-state index contributed by atoms with van der Waals surface area (Å²) in [6.07, 6.45) is 1.91. The zero-order valence-electron chi connectivity index (χ0n) is 49.2. The van der Waals surface area contributed by atoms with Gasteiger partial charge in [0.05, 0.1) is 0 Å². The molecular weight excluding hydrogens is 1190 g/mol. The average molecular weight is 1260 g/mol. The van der Waals surface area contributed by atoms with Gasteiger partial charge in [0, 0.05) is 6.20 Å². The van der Waals surface area contributed by atoms with E-state index in [9.17, 15) is 0 Å². The van der Waals surface area contributed by atoms with E-state index >= 15 is 0 Å². The summed E-state index contributed by atoms with van der Waals surface area (Å²) in [6, 6.07) is 76.4. The summed E-state index contributed by atoms with van der Waals surface area (Å²) >= 11 is 2.59. The van der Waals surface area contributed by atoms with E-state index in [2.05, 4.69) is 302 Å². The molecule has 6 nitrogen and oxygen atoms in total. The van der Waals surface area contributed by atoms with Gasteiger partial charge in [-0.25, -0.2) is 0 Å². The summed E-state index contributed by atoms with van der Waals surface area (Å²) in [5.74, 6) is 3.00. The molecule has 4 heterocycles. The molecule has 13 rings (SSSR count). The molecule has 0 spiro atoms. The Kier molecular flexibility index (Phi) is 13.7. The Hall–Kier alpha value is -8.31. The number of ether oxygens (including phenoxy) is 1. The van der Waals surface area contributed by atoms with Gasteiger partial charge in [0.25, 0.3) is 0 Å². The number of rotatable bonds is 12. The number of fused-ring (bicyclic) bond motifs is 7. The van der Waals surface area contributed by atoms with E-state index in [1.807, 2.05) is 18.3 Å². The third-order valence-corrected chi connectivity index (χ3v) is 17.8. The first-order chi connectivity index (χ1) is 40.1. The standard InChI is InChI=1S/C76H69N5O.Pt/c1-47(2)56-28-21-29-57(48(3)4)73(56)64-43-53(80-66-32-15-12-25-60(66)61-26-13-16-33-67(61)80)44-65(74-58(49(5)6)30-22-31-59(74)50(7)8)75(64)79-46-78(69-35-18-19-36-70(69)79)52-23-20-24-54(42-52)82-55-37-38-63-62-27-14-17-34-68(62)81(71(63)45-55)72-41-51(39-40-77-72)76(9,10)11;/h12-41,43-44,47-50H,1-11H3;/q-2;. The van der Waals surface area contributed by atoms with E-state index in [1.165, 1.54) is 71.9 Å². The van der Waals surface area contributed by atoms with Crippen molar-refractivity contribution >= 4 is 54.6 Å². The van der Waals surface area contributed by atoms with Gasteiger partial charge in [-0.15, -0.1) is 0 Å². The van der Waals surface area contributed by atoms with Crippen LogP contribution in [0, 0.1) is 15.9 Å². The van der Waals surface area contributed by atoms with Crippen molar-refractivity contribution < 1.29 is 24.1 Å². The van der Waals surface area contributed by atoms with Crippen LogP contribution < -0.4 is 4.74 Å². The maximum absolute atomic E-state index is 6.89. The predicted molar refractivity (Wildman–Crippen MR) is 342 cm³/mol. The monoisotopic (exact) mass is 1260 g/mol. The van der Waals surface area contributed by atoms with Crippen LogP contribution in [-0.4, -0.2) is 23.3 Å². The van der Waals surface area contributed by atoms with E-state index in [0.717, 1.165) is 59.5 Å². The predicted octanol–water partition coefficient (Wildman–Crippen LogP) is 20.6. The zero-order chi connectivity index (χ0) is 57.6. The molecule has 4 aromatic heterocycles. The fraction of sp³-hybridized carbons (Fsp3) is 0.211. The van der Waals surface area contributed by atoms with E-state index in [1.54, 1.807) is 0 Å². The average Bonchev–Trinajstić information content (AvgIpc) is 3.49. The first-order valence-corrected chi connectivity index (χ1v) is 30.4. The molecular formula is C76H69N5OPt-2. The Morgan fingerprint density at radius 2 is 0.892 bits per heavy atom. The second-order valence-electron chi connectivity index (χ2n) is 24.5. The molecule has 0 radical (unpaired) electrons. The van der Waals surface area contributed by atoms with Crippen LogP contribution in [0.1, 0.15) is 128 Å². The summed E-state index contributed by atoms with van der Waals surface area (Å²) < 4.78 is 17.5. The van der Waals surface area contributed by atoms with Crippen LogP contribution in [0.4, 0.5) is 0 Å². The first kappa shape index (κ1) is 54.0. The number of para-hydroxylation sites is 5. The Bertz CT molecular complexity index is 4550. The van der Waals surface area contributed by atoms with Crippen LogP contribution in [0.25, 0.3) is 99.8 Å². The van der Waals surface area contributed by atoms with Crippen molar-refractivity contribution in [1.29, 1.82) is 0 Å². The van der Waals surface area contributed by atoms with Gasteiger partial charge in [-0.3, -0.25) is 0 Å². The number of hydrogen-bond acceptors (Lipinski definition) is 2. The zero-order valence-corrected chi connectivity index (χ0v) is 51.5. The summed E-state index contributed by atoms with van der Waals surface area (Å²) in [4.78, 5) is 4.93. The first-order valence-electron chi connectivity index (χ1n) is 29.3. The van der Waals surface area contributed by atoms with Crippen LogP contribution in [0.15, 0.2) is 194 Å². The van der Waals surface area contributed by atoms with Crippen LogP contribution in [-0.2, 0) is 24.8 Å². The second kappa shape index (κ2) is 21.1. The van der Waals surface area contributed by atoms with E-state index < -0.39 is 0 Å². The molecule has 0 amide bonds. The molecule has 0 saturated heterocycles. The molecule has 7 heteroatoms. The summed E-state index contributed by atoms with van der Waals surface area (Å²) in [6.45, 7) is 25.5. The molecule has 0 aliphatic heterocycles. The van der Waals surface area contributed by atoms with Crippen molar-refractivity contribution in [3.63, 3.8) is 0 Å². The van der Waals surface area contributed by atoms with Crippen molar-refractivity contribution in [2.45, 2.75) is 105 Å². The van der Waals surface area contributed by atoms with Crippen LogP contribution in [0.2, 0.25) is 0 Å². The number of nitrogens with zero attached hydrogens (tertiary/aromatic N) is 5. The van der Waals surface area contributed by atoms with Crippen molar-refractivity contribution in [3.8, 4) is 56.6 Å². The Morgan fingerprint density at radius 1 is 0.434 bits per heavy atom. The van der Waals surface area contributed by atoms with E-state index in [-0.39, 0.29) is 29.1 Å². The minimum atomic E-state index is -0.0476. The molecule has 0 aliphatic rings. The molecule has 0 unspecified atom stereocenters. The van der Waals surface area contributed by atoms with Crippen molar-refractivity contribution in [2.24, 2.45) is 0 Å². The molecule has 83 heavy (non-hydrogen) atoms. The van der Waals surface area contributed by atoms with Crippen LogP contribution >= 0.6 is 0 Å². The molecule has 9 aromatic carbocycles. The van der Waals surface area contributed by atoms with Gasteiger partial charge in [0.1, 0.15) is 0 Å². The van der Waals surface area contributed by atoms with Gasteiger partial charge in [0.2, 0.25) is 0 Å². The molecule has 416 valence electrons. The Morgan fingerprint density at radius 3 is 1.41 bits per heavy atom. The quantitative estimate of drug-likeness (QED) is 0.114. The van der Waals surface area contributed by atoms with E-state index in [4.69, 9.17) is 9.72 Å². The van der Waals surface area contributed by atoms with Gasteiger partial charge in [-0.05, 0) is 17.0 Å².